The summed E-state index contributed by atoms with van der Waals surface area (Å²) in [7, 11) is -3.58. The van der Waals surface area contributed by atoms with Gasteiger partial charge in [0.1, 0.15) is 33.3 Å². The van der Waals surface area contributed by atoms with E-state index in [1.54, 1.807) is 0 Å². The number of rotatable bonds is 7. The second-order valence-electron chi connectivity index (χ2n) is 9.52. The summed E-state index contributed by atoms with van der Waals surface area (Å²) in [5.41, 5.74) is 5.09. The van der Waals surface area contributed by atoms with Crippen LogP contribution in [0.4, 0.5) is 22.0 Å². The maximum atomic E-state index is 15.2. The van der Waals surface area contributed by atoms with E-state index in [0.29, 0.717) is 5.56 Å². The van der Waals surface area contributed by atoms with Gasteiger partial charge in [-0.15, -0.1) is 0 Å². The Morgan fingerprint density at radius 3 is 2.62 bits per heavy atom. The van der Waals surface area contributed by atoms with Crippen molar-refractivity contribution in [2.75, 3.05) is 19.3 Å². The molecule has 0 saturated carbocycles. The summed E-state index contributed by atoms with van der Waals surface area (Å²) in [6.45, 7) is -0.0922. The molecule has 2 atom stereocenters. The van der Waals surface area contributed by atoms with E-state index in [1.165, 1.54) is 39.0 Å². The van der Waals surface area contributed by atoms with Crippen molar-refractivity contribution in [3.63, 3.8) is 0 Å². The van der Waals surface area contributed by atoms with E-state index >= 15 is 4.39 Å². The van der Waals surface area contributed by atoms with Crippen molar-refractivity contribution in [3.8, 4) is 28.6 Å². The molecule has 4 rings (SSSR count). The first-order valence-corrected chi connectivity index (χ1v) is 12.9. The molecule has 3 aromatic rings. The van der Waals surface area contributed by atoms with Crippen molar-refractivity contribution in [1.82, 2.24) is 15.1 Å². The van der Waals surface area contributed by atoms with E-state index in [9.17, 15) is 21.8 Å². The Morgan fingerprint density at radius 2 is 1.97 bits per heavy atom. The second-order valence-corrected chi connectivity index (χ2v) is 12.3. The van der Waals surface area contributed by atoms with Gasteiger partial charge in [-0.1, -0.05) is 5.16 Å². The third kappa shape index (κ3) is 5.18. The maximum absolute atomic E-state index is 15.2. The Balaban J connectivity index is 1.64. The summed E-state index contributed by atoms with van der Waals surface area (Å²) in [5, 5.41) is 3.88. The van der Waals surface area contributed by atoms with Crippen LogP contribution in [0.15, 0.2) is 50.5 Å². The van der Waals surface area contributed by atoms with Crippen molar-refractivity contribution >= 4 is 15.6 Å². The molecule has 0 aliphatic carbocycles. The van der Waals surface area contributed by atoms with Gasteiger partial charge in [0.25, 0.3) is 0 Å². The zero-order valence-corrected chi connectivity index (χ0v) is 21.6. The van der Waals surface area contributed by atoms with Crippen LogP contribution in [0, 0.1) is 5.82 Å². The lowest BCUT2D eigenvalue weighted by molar-refractivity contribution is -0.148. The van der Waals surface area contributed by atoms with Crippen molar-refractivity contribution in [2.24, 2.45) is 15.1 Å². The Labute approximate surface area is 225 Å². The molecule has 1 aliphatic heterocycles. The first kappa shape index (κ1) is 24.4. The van der Waals surface area contributed by atoms with Gasteiger partial charge in [0, 0.05) is 28.3 Å². The van der Waals surface area contributed by atoms with Crippen LogP contribution in [0.5, 0.6) is 5.88 Å². The molecule has 0 amide bonds. The molecule has 0 radical (unpaired) electrons. The molecular weight excluding hydrogens is 547 g/mol. The molecule has 9 nitrogen and oxygen atoms in total. The van der Waals surface area contributed by atoms with Gasteiger partial charge in [0.2, 0.25) is 5.88 Å². The van der Waals surface area contributed by atoms with Gasteiger partial charge >= 0.3 is 12.3 Å². The van der Waals surface area contributed by atoms with Crippen molar-refractivity contribution in [2.45, 2.75) is 43.4 Å². The Kier molecular flexibility index (Phi) is 6.16. The molecule has 1 aromatic carbocycles. The van der Waals surface area contributed by atoms with E-state index < -0.39 is 63.4 Å². The predicted octanol–water partition coefficient (Wildman–Crippen LogP) is 4.68. The zero-order valence-electron chi connectivity index (χ0n) is 23.8. The minimum Gasteiger partial charge on any atom is -0.470 e. The lowest BCUT2D eigenvalue weighted by atomic mass is 9.91. The number of aromatic nitrogens is 3. The molecule has 2 N–H and O–H groups in total. The molecule has 3 heterocycles. The quantitative estimate of drug-likeness (QED) is 0.405. The monoisotopic (exact) mass is 575 g/mol. The van der Waals surface area contributed by atoms with Crippen LogP contribution in [-0.2, 0) is 15.3 Å². The lowest BCUT2D eigenvalue weighted by Crippen LogP contribution is -2.54. The molecule has 1 aliphatic rings. The second kappa shape index (κ2) is 9.84. The fourth-order valence-corrected chi connectivity index (χ4v) is 5.83. The highest BCUT2D eigenvalue weighted by molar-refractivity contribution is 7.95. The maximum Gasteiger partial charge on any atom is 0.340 e. The topological polar surface area (TPSA) is 129 Å². The molecule has 0 fully saturated rings. The number of hydrogen-bond donors (Lipinski definition) is 1. The van der Waals surface area contributed by atoms with Gasteiger partial charge in [-0.05, 0) is 39.0 Å². The fraction of sp³-hybridized carbons (Fsp3) is 0.417. The number of nitrogens with two attached hydrogens (primary N) is 1. The third-order valence-corrected chi connectivity index (χ3v) is 9.42. The number of benzene rings is 1. The highest BCUT2D eigenvalue weighted by Crippen LogP contribution is 2.40. The summed E-state index contributed by atoms with van der Waals surface area (Å²) in [4.78, 5) is 12.1. The fourth-order valence-electron chi connectivity index (χ4n) is 3.82. The minimum absolute atomic E-state index is 0.0493. The summed E-state index contributed by atoms with van der Waals surface area (Å²) >= 11 is 0. The van der Waals surface area contributed by atoms with Crippen LogP contribution >= 0.6 is 0 Å². The Bertz CT molecular complexity index is 1640. The summed E-state index contributed by atoms with van der Waals surface area (Å²) in [5.74, 6) is -5.96. The Morgan fingerprint density at radius 1 is 1.23 bits per heavy atom. The van der Waals surface area contributed by atoms with Gasteiger partial charge < -0.3 is 15.0 Å². The van der Waals surface area contributed by atoms with Crippen molar-refractivity contribution in [3.05, 3.63) is 48.0 Å². The van der Waals surface area contributed by atoms with Gasteiger partial charge in [0.05, 0.1) is 27.9 Å². The number of aliphatic imine (C=N–C) groups is 1. The van der Waals surface area contributed by atoms with Crippen LogP contribution in [0.3, 0.4) is 0 Å². The number of alkyl halides is 4. The van der Waals surface area contributed by atoms with Crippen LogP contribution in [0.2, 0.25) is 0 Å². The van der Waals surface area contributed by atoms with Crippen LogP contribution in [-0.4, -0.2) is 61.6 Å². The molecule has 2 aromatic heterocycles. The highest BCUT2D eigenvalue weighted by atomic mass is 32.2. The summed E-state index contributed by atoms with van der Waals surface area (Å²) < 4.78 is 115. The van der Waals surface area contributed by atoms with Gasteiger partial charge in [-0.2, -0.15) is 8.78 Å². The third-order valence-electron chi connectivity index (χ3n) is 6.37. The average Bonchev–Trinajstić information content (AvgIpc) is 3.36. The van der Waals surface area contributed by atoms with Crippen LogP contribution in [0.25, 0.3) is 22.7 Å². The lowest BCUT2D eigenvalue weighted by Gasteiger charge is -2.40. The minimum atomic E-state index is -4.36. The molecule has 0 spiro atoms. The van der Waals surface area contributed by atoms with E-state index in [0.717, 1.165) is 18.5 Å². The van der Waals surface area contributed by atoms with Crippen molar-refractivity contribution in [1.29, 1.82) is 0 Å². The average molecular weight is 576 g/mol. The summed E-state index contributed by atoms with van der Waals surface area (Å²) in [6.07, 6.45) is -1.87. The molecule has 39 heavy (non-hydrogen) atoms. The molecule has 0 bridgehead atoms. The number of nitrogens with zero attached hydrogens (tertiary/aromatic N) is 5. The number of halogens is 5. The van der Waals surface area contributed by atoms with E-state index in [4.69, 9.17) is 14.4 Å². The van der Waals surface area contributed by atoms with E-state index in [1.807, 2.05) is 0 Å². The largest absolute Gasteiger partial charge is 0.470 e. The van der Waals surface area contributed by atoms with Gasteiger partial charge in [-0.25, -0.2) is 31.7 Å². The zero-order chi connectivity index (χ0) is 31.3. The van der Waals surface area contributed by atoms with E-state index in [2.05, 4.69) is 29.2 Å². The Hall–Kier alpha value is -3.62. The smallest absolute Gasteiger partial charge is 0.340 e. The van der Waals surface area contributed by atoms with Gasteiger partial charge in [-0.3, -0.25) is 4.99 Å². The number of hydrogen-bond acceptors (Lipinski definition) is 9. The molecule has 0 unspecified atom stereocenters. The van der Waals surface area contributed by atoms with E-state index in [-0.39, 0.29) is 28.5 Å². The standard InChI is InChI=1S/C24H25F5N6O3S/c1-22(2)21(30)34-23(3,12-39(22,36)31-4)14-7-13(5-6-15(14)25)18-8-16(35-38-18)17-9-33-19(10-32-17)37-11-24(28,29)20(26)27/h5-10,20H,11-12H2,1-4H3,(H2,30,34)/t23-,39+/m0/s1/i4D3. The first-order valence-electron chi connectivity index (χ1n) is 12.8. The normalized spacial score (nSPS) is 24.4. The van der Waals surface area contributed by atoms with Crippen LogP contribution < -0.4 is 10.5 Å². The SMILES string of the molecule is [2H]C([2H])([2H])N=[S@@]1(=O)C[C@@](C)(c2cc(-c3cc(-c4cnc(OCC(F)(F)C(F)F)cn4)no3)ccc2F)N=C(N)C1(C)C. The van der Waals surface area contributed by atoms with Gasteiger partial charge in [0.15, 0.2) is 12.4 Å². The molecule has 210 valence electrons. The molecular formula is C24H25F5N6O3S. The highest BCUT2D eigenvalue weighted by Gasteiger charge is 2.48. The summed E-state index contributed by atoms with van der Waals surface area (Å²) in [6, 6.07) is 5.29. The number of ether oxygens (including phenoxy) is 1. The number of amidine groups is 1. The van der Waals surface area contributed by atoms with Crippen molar-refractivity contribution < 1.29 is 39.5 Å². The predicted molar refractivity (Wildman–Crippen MR) is 134 cm³/mol. The molecule has 15 heteroatoms. The molecule has 0 saturated heterocycles. The first-order chi connectivity index (χ1) is 19.3. The van der Waals surface area contributed by atoms with Crippen LogP contribution in [0.1, 0.15) is 30.4 Å².